The molecule has 5 heteroatoms. The summed E-state index contributed by atoms with van der Waals surface area (Å²) in [5, 5.41) is 3.54. The van der Waals surface area contributed by atoms with Gasteiger partial charge in [0, 0.05) is 11.7 Å². The van der Waals surface area contributed by atoms with Gasteiger partial charge in [0.05, 0.1) is 4.90 Å². The van der Waals surface area contributed by atoms with Gasteiger partial charge in [0.2, 0.25) is 10.0 Å². The molecule has 1 saturated carbocycles. The average molecular weight is 310 g/mol. The van der Waals surface area contributed by atoms with E-state index in [9.17, 15) is 8.42 Å². The maximum Gasteiger partial charge on any atom is 0.240 e. The van der Waals surface area contributed by atoms with Crippen LogP contribution in [-0.2, 0) is 10.0 Å². The number of anilines is 1. The summed E-state index contributed by atoms with van der Waals surface area (Å²) in [5.41, 5.74) is 2.02. The summed E-state index contributed by atoms with van der Waals surface area (Å²) in [5.74, 6) is 0.861. The lowest BCUT2D eigenvalue weighted by Gasteiger charge is -2.29. The molecule has 2 N–H and O–H groups in total. The van der Waals surface area contributed by atoms with Crippen LogP contribution in [0.3, 0.4) is 0 Å². The van der Waals surface area contributed by atoms with E-state index in [1.165, 1.54) is 39.2 Å². The van der Waals surface area contributed by atoms with Crippen LogP contribution >= 0.6 is 0 Å². The highest BCUT2D eigenvalue weighted by molar-refractivity contribution is 7.89. The molecule has 0 heterocycles. The summed E-state index contributed by atoms with van der Waals surface area (Å²) in [4.78, 5) is 0.320. The van der Waals surface area contributed by atoms with Crippen LogP contribution in [0, 0.1) is 12.8 Å². The fourth-order valence-corrected chi connectivity index (χ4v) is 3.73. The first-order valence-corrected chi connectivity index (χ1v) is 9.25. The normalized spacial score (nSPS) is 23.0. The molecule has 4 nitrogen and oxygen atoms in total. The minimum Gasteiger partial charge on any atom is -0.382 e. The second kappa shape index (κ2) is 6.79. The SMILES string of the molecule is CCC1CCC(Nc2cc(S(=O)(=O)NC)ccc2C)CC1. The van der Waals surface area contributed by atoms with Crippen LogP contribution in [0.4, 0.5) is 5.69 Å². The minimum absolute atomic E-state index is 0.320. The van der Waals surface area contributed by atoms with Gasteiger partial charge in [0.1, 0.15) is 0 Å². The summed E-state index contributed by atoms with van der Waals surface area (Å²) >= 11 is 0. The lowest BCUT2D eigenvalue weighted by Crippen LogP contribution is -2.26. The Bertz CT molecular complexity index is 576. The summed E-state index contributed by atoms with van der Waals surface area (Å²) in [7, 11) is -1.94. The van der Waals surface area contributed by atoms with E-state index in [0.29, 0.717) is 10.9 Å². The van der Waals surface area contributed by atoms with E-state index in [1.807, 2.05) is 13.0 Å². The van der Waals surface area contributed by atoms with Gasteiger partial charge in [-0.1, -0.05) is 19.4 Å². The van der Waals surface area contributed by atoms with E-state index in [1.54, 1.807) is 12.1 Å². The summed E-state index contributed by atoms with van der Waals surface area (Å²) in [6.45, 7) is 4.27. The van der Waals surface area contributed by atoms with Crippen LogP contribution in [-0.4, -0.2) is 21.5 Å². The Morgan fingerprint density at radius 2 is 1.86 bits per heavy atom. The van der Waals surface area contributed by atoms with Crippen LogP contribution < -0.4 is 10.0 Å². The highest BCUT2D eigenvalue weighted by atomic mass is 32.2. The summed E-state index contributed by atoms with van der Waals surface area (Å²) in [6.07, 6.45) is 6.13. The maximum atomic E-state index is 11.9. The largest absolute Gasteiger partial charge is 0.382 e. The van der Waals surface area contributed by atoms with E-state index in [4.69, 9.17) is 0 Å². The maximum absolute atomic E-state index is 11.9. The van der Waals surface area contributed by atoms with Crippen LogP contribution in [0.25, 0.3) is 0 Å². The van der Waals surface area contributed by atoms with Crippen molar-refractivity contribution in [3.63, 3.8) is 0 Å². The number of sulfonamides is 1. The molecule has 1 aliphatic rings. The first kappa shape index (κ1) is 16.3. The molecular weight excluding hydrogens is 284 g/mol. The highest BCUT2D eigenvalue weighted by Gasteiger charge is 2.21. The second-order valence-corrected chi connectivity index (χ2v) is 7.84. The van der Waals surface area contributed by atoms with Gasteiger partial charge < -0.3 is 5.32 Å². The lowest BCUT2D eigenvalue weighted by atomic mass is 9.84. The highest BCUT2D eigenvalue weighted by Crippen LogP contribution is 2.30. The molecule has 0 spiro atoms. The van der Waals surface area contributed by atoms with Gasteiger partial charge in [-0.05, 0) is 63.3 Å². The van der Waals surface area contributed by atoms with Gasteiger partial charge in [-0.2, -0.15) is 0 Å². The third-order valence-corrected chi connectivity index (χ3v) is 5.98. The molecule has 0 atom stereocenters. The summed E-state index contributed by atoms with van der Waals surface area (Å²) < 4.78 is 26.2. The Balaban J connectivity index is 2.12. The van der Waals surface area contributed by atoms with Crippen molar-refractivity contribution < 1.29 is 8.42 Å². The van der Waals surface area contributed by atoms with Crippen molar-refractivity contribution in [1.82, 2.24) is 4.72 Å². The molecule has 0 aromatic heterocycles. The van der Waals surface area contributed by atoms with Gasteiger partial charge in [-0.3, -0.25) is 0 Å². The molecule has 0 bridgehead atoms. The van der Waals surface area contributed by atoms with Crippen molar-refractivity contribution in [3.8, 4) is 0 Å². The van der Waals surface area contributed by atoms with Crippen LogP contribution in [0.1, 0.15) is 44.6 Å². The zero-order valence-electron chi connectivity index (χ0n) is 13.1. The molecule has 1 aromatic carbocycles. The average Bonchev–Trinajstić information content (AvgIpc) is 2.50. The zero-order chi connectivity index (χ0) is 15.5. The Morgan fingerprint density at radius 1 is 1.19 bits per heavy atom. The minimum atomic E-state index is -3.38. The third-order valence-electron chi connectivity index (χ3n) is 4.57. The van der Waals surface area contributed by atoms with E-state index in [0.717, 1.165) is 17.2 Å². The van der Waals surface area contributed by atoms with E-state index in [2.05, 4.69) is 17.0 Å². The summed E-state index contributed by atoms with van der Waals surface area (Å²) in [6, 6.07) is 5.72. The van der Waals surface area contributed by atoms with Crippen molar-refractivity contribution in [2.24, 2.45) is 5.92 Å². The molecule has 0 radical (unpaired) electrons. The number of rotatable bonds is 5. The number of nitrogens with one attached hydrogen (secondary N) is 2. The molecule has 0 aliphatic heterocycles. The van der Waals surface area contributed by atoms with Crippen molar-refractivity contribution >= 4 is 15.7 Å². The van der Waals surface area contributed by atoms with Gasteiger partial charge in [-0.15, -0.1) is 0 Å². The first-order chi connectivity index (χ1) is 9.96. The molecular formula is C16H26N2O2S. The standard InChI is InChI=1S/C16H26N2O2S/c1-4-13-6-8-14(9-7-13)18-16-11-15(10-5-12(16)2)21(19,20)17-3/h5,10-11,13-14,17-18H,4,6-9H2,1-3H3. The molecule has 21 heavy (non-hydrogen) atoms. The van der Waals surface area contributed by atoms with Crippen LogP contribution in [0.15, 0.2) is 23.1 Å². The quantitative estimate of drug-likeness (QED) is 0.877. The number of aryl methyl sites for hydroxylation is 1. The fourth-order valence-electron chi connectivity index (χ4n) is 2.98. The molecule has 118 valence electrons. The monoisotopic (exact) mass is 310 g/mol. The van der Waals surface area contributed by atoms with Gasteiger partial charge in [0.25, 0.3) is 0 Å². The number of hydrogen-bond donors (Lipinski definition) is 2. The van der Waals surface area contributed by atoms with E-state index in [-0.39, 0.29) is 0 Å². The lowest BCUT2D eigenvalue weighted by molar-refractivity contribution is 0.330. The van der Waals surface area contributed by atoms with Crippen molar-refractivity contribution in [2.75, 3.05) is 12.4 Å². The Morgan fingerprint density at radius 3 is 2.43 bits per heavy atom. The van der Waals surface area contributed by atoms with E-state index >= 15 is 0 Å². The molecule has 0 saturated heterocycles. The second-order valence-electron chi connectivity index (χ2n) is 5.95. The number of benzene rings is 1. The predicted octanol–water partition coefficient (Wildman–Crippen LogP) is 3.28. The molecule has 2 rings (SSSR count). The molecule has 1 fully saturated rings. The zero-order valence-corrected chi connectivity index (χ0v) is 14.0. The van der Waals surface area contributed by atoms with Gasteiger partial charge in [-0.25, -0.2) is 13.1 Å². The number of hydrogen-bond acceptors (Lipinski definition) is 3. The van der Waals surface area contributed by atoms with Crippen molar-refractivity contribution in [1.29, 1.82) is 0 Å². The molecule has 1 aromatic rings. The predicted molar refractivity (Wildman–Crippen MR) is 87.1 cm³/mol. The Kier molecular flexibility index (Phi) is 5.27. The van der Waals surface area contributed by atoms with Crippen LogP contribution in [0.2, 0.25) is 0 Å². The molecule has 1 aliphatic carbocycles. The van der Waals surface area contributed by atoms with Crippen LogP contribution in [0.5, 0.6) is 0 Å². The van der Waals surface area contributed by atoms with Crippen molar-refractivity contribution in [3.05, 3.63) is 23.8 Å². The van der Waals surface area contributed by atoms with Gasteiger partial charge in [0.15, 0.2) is 0 Å². The van der Waals surface area contributed by atoms with Gasteiger partial charge >= 0.3 is 0 Å². The van der Waals surface area contributed by atoms with Crippen molar-refractivity contribution in [2.45, 2.75) is 56.9 Å². The molecule has 0 amide bonds. The Hall–Kier alpha value is -1.07. The Labute approximate surface area is 128 Å². The first-order valence-electron chi connectivity index (χ1n) is 7.77. The topological polar surface area (TPSA) is 58.2 Å². The van der Waals surface area contributed by atoms with E-state index < -0.39 is 10.0 Å². The fraction of sp³-hybridized carbons (Fsp3) is 0.625. The molecule has 0 unspecified atom stereocenters. The third kappa shape index (κ3) is 3.98. The smallest absolute Gasteiger partial charge is 0.240 e.